The molecule has 0 spiro atoms. The quantitative estimate of drug-likeness (QED) is 0.108. The van der Waals surface area contributed by atoms with Crippen molar-refractivity contribution >= 4 is 56.8 Å². The molecule has 0 saturated carbocycles. The van der Waals surface area contributed by atoms with Crippen molar-refractivity contribution in [1.82, 2.24) is 0 Å². The molecular formula is C47H41Cl2F3N2O10S. The number of hydrogen-bond donors (Lipinski definition) is 4. The molecular weight excluding hydrogens is 912 g/mol. The number of carbonyl (C=O) groups is 2. The minimum atomic E-state index is -4.67. The summed E-state index contributed by atoms with van der Waals surface area (Å²) in [6.07, 6.45) is -6.93. The number of carbonyl (C=O) groups excluding carboxylic acids is 2. The summed E-state index contributed by atoms with van der Waals surface area (Å²) in [6.45, 7) is 0.116. The summed E-state index contributed by atoms with van der Waals surface area (Å²) in [5.74, 6) is -0.890. The van der Waals surface area contributed by atoms with Gasteiger partial charge in [0.15, 0.2) is 23.4 Å². The average molecular weight is 954 g/mol. The highest BCUT2D eigenvalue weighted by molar-refractivity contribution is 7.79. The number of rotatable bonds is 8. The average Bonchev–Trinajstić information content (AvgIpc) is 3.27. The van der Waals surface area contributed by atoms with Crippen molar-refractivity contribution in [3.8, 4) is 0 Å². The zero-order valence-corrected chi connectivity index (χ0v) is 36.8. The van der Waals surface area contributed by atoms with Crippen LogP contribution >= 0.6 is 23.2 Å². The highest BCUT2D eigenvalue weighted by atomic mass is 35.5. The molecule has 2 aliphatic heterocycles. The Balaban J connectivity index is 0.000000197. The molecule has 6 aromatic carbocycles. The number of aliphatic hydroxyl groups is 2. The van der Waals surface area contributed by atoms with E-state index in [0.29, 0.717) is 45.2 Å². The second kappa shape index (κ2) is 19.8. The van der Waals surface area contributed by atoms with Gasteiger partial charge in [-0.2, -0.15) is 21.6 Å². The minimum Gasteiger partial charge on any atom is -0.377 e. The summed E-state index contributed by atoms with van der Waals surface area (Å²) in [5, 5.41) is 24.2. The van der Waals surface area contributed by atoms with Gasteiger partial charge >= 0.3 is 16.6 Å². The van der Waals surface area contributed by atoms with Crippen molar-refractivity contribution in [1.29, 1.82) is 0 Å². The lowest BCUT2D eigenvalue weighted by molar-refractivity contribution is -0.146. The Morgan fingerprint density at radius 1 is 0.615 bits per heavy atom. The Bertz CT molecular complexity index is 2760. The van der Waals surface area contributed by atoms with Crippen molar-refractivity contribution in [2.24, 2.45) is 0 Å². The molecule has 18 heteroatoms. The van der Waals surface area contributed by atoms with Gasteiger partial charge in [0.1, 0.15) is 0 Å². The van der Waals surface area contributed by atoms with Crippen LogP contribution in [0.5, 0.6) is 0 Å². The summed E-state index contributed by atoms with van der Waals surface area (Å²) in [6, 6.07) is 42.3. The lowest BCUT2D eigenvalue weighted by Crippen LogP contribution is -2.57. The first-order valence-corrected chi connectivity index (χ1v) is 21.6. The molecule has 0 aromatic heterocycles. The molecule has 2 amide bonds. The Kier molecular flexibility index (Phi) is 14.9. The molecule has 0 bridgehead atoms. The molecule has 12 nitrogen and oxygen atoms in total. The zero-order valence-electron chi connectivity index (χ0n) is 34.4. The topological polar surface area (TPSA) is 174 Å². The van der Waals surface area contributed by atoms with E-state index >= 15 is 0 Å². The fraction of sp³-hybridized carbons (Fsp3) is 0.191. The van der Waals surface area contributed by atoms with E-state index in [1.807, 2.05) is 72.8 Å². The molecule has 340 valence electrons. The molecule has 4 atom stereocenters. The van der Waals surface area contributed by atoms with Crippen molar-refractivity contribution in [2.45, 2.75) is 42.7 Å². The molecule has 2 aliphatic rings. The Morgan fingerprint density at radius 3 is 1.48 bits per heavy atom. The van der Waals surface area contributed by atoms with Gasteiger partial charge in [-0.3, -0.25) is 18.7 Å². The van der Waals surface area contributed by atoms with Crippen LogP contribution in [0, 0.1) is 0 Å². The van der Waals surface area contributed by atoms with Crippen molar-refractivity contribution in [3.05, 3.63) is 201 Å². The first-order valence-electron chi connectivity index (χ1n) is 19.5. The standard InChI is InChI=1S/C24H19ClF3NO3.C23H20ClNO3.H2O4S/c1-32-21-22(30)29(14-15-13-17(24(26,27)28)11-12-19(15)25)20-10-6-5-9-18(20)23(21,31)16-7-3-2-4-8-16;1-28-21-22(26)25(15-16-8-7-11-18(24)14-16)20-13-6-5-12-19(20)23(21,27)17-9-3-2-4-10-17;1-5(2,3)4/h2-13,21,31H,14H2,1H3;2-14,21,27H,15H2,1H3;(H2,1,2,3,4). The van der Waals surface area contributed by atoms with Crippen LogP contribution in [0.15, 0.2) is 152 Å². The third kappa shape index (κ3) is 10.4. The van der Waals surface area contributed by atoms with Gasteiger partial charge in [-0.1, -0.05) is 132 Å². The summed E-state index contributed by atoms with van der Waals surface area (Å²) < 4.78 is 82.3. The Morgan fingerprint density at radius 2 is 1.05 bits per heavy atom. The normalized spacial score (nSPS) is 20.4. The van der Waals surface area contributed by atoms with E-state index in [1.165, 1.54) is 19.1 Å². The molecule has 0 saturated heterocycles. The lowest BCUT2D eigenvalue weighted by atomic mass is 9.77. The molecule has 0 fully saturated rings. The third-order valence-electron chi connectivity index (χ3n) is 10.8. The van der Waals surface area contributed by atoms with E-state index in [9.17, 15) is 33.0 Å². The Hall–Kier alpha value is -5.66. The molecule has 0 aliphatic carbocycles. The second-order valence-electron chi connectivity index (χ2n) is 14.8. The van der Waals surface area contributed by atoms with Crippen LogP contribution < -0.4 is 9.80 Å². The molecule has 65 heavy (non-hydrogen) atoms. The maximum absolute atomic E-state index is 13.5. The molecule has 0 radical (unpaired) electrons. The van der Waals surface area contributed by atoms with E-state index in [4.69, 9.17) is 50.2 Å². The van der Waals surface area contributed by atoms with Crippen molar-refractivity contribution in [2.75, 3.05) is 24.0 Å². The van der Waals surface area contributed by atoms with Crippen LogP contribution in [-0.4, -0.2) is 66.0 Å². The second-order valence-corrected chi connectivity index (χ2v) is 16.5. The van der Waals surface area contributed by atoms with Crippen LogP contribution in [0.1, 0.15) is 38.9 Å². The van der Waals surface area contributed by atoms with Crippen LogP contribution in [0.2, 0.25) is 10.0 Å². The minimum absolute atomic E-state index is 0.0983. The maximum Gasteiger partial charge on any atom is 0.416 e. The smallest absolute Gasteiger partial charge is 0.377 e. The summed E-state index contributed by atoms with van der Waals surface area (Å²) >= 11 is 12.3. The van der Waals surface area contributed by atoms with Gasteiger partial charge in [0, 0.05) is 35.4 Å². The van der Waals surface area contributed by atoms with Gasteiger partial charge in [0.05, 0.1) is 30.0 Å². The number of fused-ring (bicyclic) bond motifs is 2. The largest absolute Gasteiger partial charge is 0.416 e. The van der Waals surface area contributed by atoms with E-state index in [0.717, 1.165) is 23.8 Å². The number of hydrogen-bond acceptors (Lipinski definition) is 8. The SMILES string of the molecule is COC1C(=O)N(Cc2cc(C(F)(F)F)ccc2Cl)c2ccccc2C1(O)c1ccccc1.COC1C(=O)N(Cc2cccc(Cl)c2)c2ccccc2C1(O)c1ccccc1.O=S(=O)(O)O. The number of alkyl halides is 3. The van der Waals surface area contributed by atoms with Crippen molar-refractivity contribution < 1.29 is 60.0 Å². The highest BCUT2D eigenvalue weighted by Gasteiger charge is 2.53. The van der Waals surface area contributed by atoms with Gasteiger partial charge in [0.2, 0.25) is 0 Å². The van der Waals surface area contributed by atoms with Gasteiger partial charge < -0.3 is 29.5 Å². The van der Waals surface area contributed by atoms with Gasteiger partial charge in [-0.15, -0.1) is 0 Å². The highest BCUT2D eigenvalue weighted by Crippen LogP contribution is 2.47. The van der Waals surface area contributed by atoms with E-state index < -0.39 is 51.5 Å². The number of benzene rings is 6. The maximum atomic E-state index is 13.5. The van der Waals surface area contributed by atoms with Crippen LogP contribution in [0.3, 0.4) is 0 Å². The summed E-state index contributed by atoms with van der Waals surface area (Å²) in [4.78, 5) is 29.8. The number of halogens is 5. The first-order chi connectivity index (χ1) is 30.7. The van der Waals surface area contributed by atoms with Crippen LogP contribution in [0.25, 0.3) is 0 Å². The van der Waals surface area contributed by atoms with Crippen molar-refractivity contribution in [3.63, 3.8) is 0 Å². The number of nitrogens with zero attached hydrogens (tertiary/aromatic N) is 2. The molecule has 4 unspecified atom stereocenters. The number of amides is 2. The molecule has 4 N–H and O–H groups in total. The lowest BCUT2D eigenvalue weighted by Gasteiger charge is -2.44. The zero-order chi connectivity index (χ0) is 47.3. The fourth-order valence-electron chi connectivity index (χ4n) is 7.95. The van der Waals surface area contributed by atoms with Gasteiger partial charge in [0.25, 0.3) is 11.8 Å². The molecule has 8 rings (SSSR count). The summed E-state index contributed by atoms with van der Waals surface area (Å²) in [5.41, 5.74) is -0.0477. The number of ether oxygens (including phenoxy) is 2. The van der Waals surface area contributed by atoms with Crippen LogP contribution in [-0.2, 0) is 59.9 Å². The van der Waals surface area contributed by atoms with E-state index in [-0.39, 0.29) is 23.0 Å². The summed E-state index contributed by atoms with van der Waals surface area (Å²) in [7, 11) is -1.91. The predicted molar refractivity (Wildman–Crippen MR) is 238 cm³/mol. The van der Waals surface area contributed by atoms with Gasteiger partial charge in [-0.25, -0.2) is 0 Å². The first kappa shape index (κ1) is 48.8. The predicted octanol–water partition coefficient (Wildman–Crippen LogP) is 8.64. The fourth-order valence-corrected chi connectivity index (χ4v) is 8.34. The Labute approximate surface area is 382 Å². The number of methoxy groups -OCH3 is 2. The van der Waals surface area contributed by atoms with Crippen LogP contribution in [0.4, 0.5) is 24.5 Å². The third-order valence-corrected chi connectivity index (χ3v) is 11.4. The molecule has 6 aromatic rings. The number of anilines is 2. The monoisotopic (exact) mass is 952 g/mol. The van der Waals surface area contributed by atoms with E-state index in [1.54, 1.807) is 65.6 Å². The van der Waals surface area contributed by atoms with E-state index in [2.05, 4.69) is 0 Å². The molecule has 2 heterocycles. The van der Waals surface area contributed by atoms with Gasteiger partial charge in [-0.05, 0) is 64.7 Å². The number of para-hydroxylation sites is 2.